The Kier molecular flexibility index (Phi) is 3.35. The molecule has 0 radical (unpaired) electrons. The molecule has 5 rings (SSSR count). The third-order valence-corrected chi connectivity index (χ3v) is 6.13. The molecule has 0 unspecified atom stereocenters. The number of amides is 1. The topological polar surface area (TPSA) is 55.5 Å². The monoisotopic (exact) mass is 366 g/mol. The number of para-hydroxylation sites is 1. The van der Waals surface area contributed by atoms with Gasteiger partial charge < -0.3 is 9.32 Å². The summed E-state index contributed by atoms with van der Waals surface area (Å²) >= 11 is 0. The average molecular weight is 366 g/mol. The van der Waals surface area contributed by atoms with Gasteiger partial charge in [-0.05, 0) is 37.1 Å². The van der Waals surface area contributed by atoms with E-state index in [2.05, 4.69) is 0 Å². The number of carbonyl (C=O) groups is 1. The maximum absolute atomic E-state index is 14.7. The van der Waals surface area contributed by atoms with Crippen molar-refractivity contribution in [3.8, 4) is 0 Å². The first-order valence-corrected chi connectivity index (χ1v) is 9.21. The first-order valence-electron chi connectivity index (χ1n) is 9.21. The van der Waals surface area contributed by atoms with Crippen LogP contribution in [0.1, 0.15) is 41.6 Å². The molecule has 6 heteroatoms. The van der Waals surface area contributed by atoms with Gasteiger partial charge in [-0.1, -0.05) is 25.0 Å². The van der Waals surface area contributed by atoms with Crippen LogP contribution in [0.4, 0.5) is 10.1 Å². The molecule has 2 heterocycles. The minimum absolute atomic E-state index is 0.242. The molecule has 3 aromatic rings. The molecule has 1 aliphatic carbocycles. The van der Waals surface area contributed by atoms with Crippen LogP contribution in [0.25, 0.3) is 11.1 Å². The Morgan fingerprint density at radius 3 is 2.67 bits per heavy atom. The van der Waals surface area contributed by atoms with Crippen LogP contribution in [0.2, 0.25) is 0 Å². The van der Waals surface area contributed by atoms with E-state index in [1.54, 1.807) is 36.2 Å². The van der Waals surface area contributed by atoms with Gasteiger partial charge in [0.1, 0.15) is 5.82 Å². The SMILES string of the molecule is Cn1c(=O)oc2c(C(=O)N3CC4(CCCC4)c4c(F)cccc43)cccc21. The van der Waals surface area contributed by atoms with Gasteiger partial charge in [-0.3, -0.25) is 9.36 Å². The number of oxazole rings is 1. The van der Waals surface area contributed by atoms with Crippen LogP contribution in [-0.4, -0.2) is 17.0 Å². The highest BCUT2D eigenvalue weighted by atomic mass is 19.1. The lowest BCUT2D eigenvalue weighted by atomic mass is 9.80. The summed E-state index contributed by atoms with van der Waals surface area (Å²) in [5.41, 5.74) is 2.17. The van der Waals surface area contributed by atoms with E-state index in [0.717, 1.165) is 25.7 Å². The second-order valence-corrected chi connectivity index (χ2v) is 7.59. The third kappa shape index (κ3) is 2.16. The van der Waals surface area contributed by atoms with Crippen LogP contribution in [-0.2, 0) is 12.5 Å². The van der Waals surface area contributed by atoms with Crippen molar-refractivity contribution in [1.29, 1.82) is 0 Å². The first-order chi connectivity index (χ1) is 13.0. The molecule has 2 aliphatic rings. The molecule has 0 N–H and O–H groups in total. The summed E-state index contributed by atoms with van der Waals surface area (Å²) in [5.74, 6) is -1.01. The summed E-state index contributed by atoms with van der Waals surface area (Å²) in [6.07, 6.45) is 3.85. The van der Waals surface area contributed by atoms with E-state index in [1.165, 1.54) is 10.6 Å². The summed E-state index contributed by atoms with van der Waals surface area (Å²) in [6.45, 7) is 0.468. The molecule has 1 aliphatic heterocycles. The molecule has 1 aromatic heterocycles. The number of hydrogen-bond donors (Lipinski definition) is 0. The number of halogens is 1. The van der Waals surface area contributed by atoms with E-state index >= 15 is 0 Å². The highest BCUT2D eigenvalue weighted by Gasteiger charge is 2.48. The summed E-state index contributed by atoms with van der Waals surface area (Å²) in [5, 5.41) is 0. The summed E-state index contributed by atoms with van der Waals surface area (Å²) in [6, 6.07) is 10.1. The molecule has 0 atom stereocenters. The zero-order valence-corrected chi connectivity index (χ0v) is 15.0. The van der Waals surface area contributed by atoms with E-state index < -0.39 is 5.76 Å². The van der Waals surface area contributed by atoms with Crippen molar-refractivity contribution >= 4 is 22.7 Å². The Labute approximate surface area is 155 Å². The highest BCUT2D eigenvalue weighted by molar-refractivity contribution is 6.13. The Morgan fingerprint density at radius 2 is 1.89 bits per heavy atom. The lowest BCUT2D eigenvalue weighted by molar-refractivity contribution is 0.0985. The van der Waals surface area contributed by atoms with Gasteiger partial charge in [-0.2, -0.15) is 0 Å². The summed E-state index contributed by atoms with van der Waals surface area (Å²) < 4.78 is 21.4. The molecule has 138 valence electrons. The van der Waals surface area contributed by atoms with Gasteiger partial charge in [0.05, 0.1) is 16.8 Å². The van der Waals surface area contributed by atoms with Crippen LogP contribution >= 0.6 is 0 Å². The Bertz CT molecular complexity index is 1140. The van der Waals surface area contributed by atoms with Gasteiger partial charge in [0.2, 0.25) is 0 Å². The van der Waals surface area contributed by atoms with Gasteiger partial charge in [0.25, 0.3) is 5.91 Å². The van der Waals surface area contributed by atoms with Gasteiger partial charge in [-0.15, -0.1) is 0 Å². The summed E-state index contributed by atoms with van der Waals surface area (Å²) in [4.78, 5) is 27.0. The third-order valence-electron chi connectivity index (χ3n) is 6.13. The largest absolute Gasteiger partial charge is 0.419 e. The molecular formula is C21H19FN2O3. The first kappa shape index (κ1) is 16.3. The minimum atomic E-state index is -0.509. The van der Waals surface area contributed by atoms with E-state index in [9.17, 15) is 14.0 Å². The fourth-order valence-electron chi connectivity index (χ4n) is 4.83. The van der Waals surface area contributed by atoms with Crippen molar-refractivity contribution < 1.29 is 13.6 Å². The lowest BCUT2D eigenvalue weighted by Gasteiger charge is -2.25. The number of benzene rings is 2. The van der Waals surface area contributed by atoms with Gasteiger partial charge >= 0.3 is 5.76 Å². The molecule has 1 amide bonds. The molecule has 0 bridgehead atoms. The van der Waals surface area contributed by atoms with Gasteiger partial charge in [0.15, 0.2) is 5.58 Å². The Morgan fingerprint density at radius 1 is 1.15 bits per heavy atom. The van der Waals surface area contributed by atoms with E-state index in [0.29, 0.717) is 28.9 Å². The lowest BCUT2D eigenvalue weighted by Crippen LogP contribution is -2.35. The van der Waals surface area contributed by atoms with Crippen molar-refractivity contribution in [3.63, 3.8) is 0 Å². The number of aryl methyl sites for hydroxylation is 1. The van der Waals surface area contributed by atoms with Crippen molar-refractivity contribution in [3.05, 3.63) is 63.9 Å². The number of carbonyl (C=O) groups excluding carboxylic acids is 1. The maximum Gasteiger partial charge on any atom is 0.419 e. The molecule has 2 aromatic carbocycles. The highest BCUT2D eigenvalue weighted by Crippen LogP contribution is 2.51. The van der Waals surface area contributed by atoms with Crippen molar-refractivity contribution in [2.45, 2.75) is 31.1 Å². The predicted octanol–water partition coefficient (Wildman–Crippen LogP) is 3.74. The second kappa shape index (κ2) is 5.55. The van der Waals surface area contributed by atoms with Crippen molar-refractivity contribution in [2.24, 2.45) is 7.05 Å². The molecule has 0 saturated heterocycles. The fourth-order valence-corrected chi connectivity index (χ4v) is 4.83. The Hall–Kier alpha value is -2.89. The van der Waals surface area contributed by atoms with Crippen LogP contribution in [0.5, 0.6) is 0 Å². The molecule has 5 nitrogen and oxygen atoms in total. The van der Waals surface area contributed by atoms with Crippen LogP contribution in [0.3, 0.4) is 0 Å². The van der Waals surface area contributed by atoms with Crippen LogP contribution in [0, 0.1) is 5.82 Å². The van der Waals surface area contributed by atoms with Crippen LogP contribution in [0.15, 0.2) is 45.6 Å². The molecular weight excluding hydrogens is 347 g/mol. The van der Waals surface area contributed by atoms with Gasteiger partial charge in [-0.25, -0.2) is 9.18 Å². The zero-order valence-electron chi connectivity index (χ0n) is 15.0. The van der Waals surface area contributed by atoms with Crippen molar-refractivity contribution in [2.75, 3.05) is 11.4 Å². The molecule has 1 spiro atoms. The van der Waals surface area contributed by atoms with Gasteiger partial charge in [0, 0.05) is 24.6 Å². The minimum Gasteiger partial charge on any atom is -0.407 e. The second-order valence-electron chi connectivity index (χ2n) is 7.59. The van der Waals surface area contributed by atoms with E-state index in [1.807, 2.05) is 6.07 Å². The normalized spacial score (nSPS) is 17.8. The standard InChI is InChI=1S/C21H19FN2O3/c1-23-16-9-4-6-13(18(16)27-20(23)26)19(25)24-12-21(10-2-3-11-21)17-14(22)7-5-8-15(17)24/h4-9H,2-3,10-12H2,1H3. The smallest absolute Gasteiger partial charge is 0.407 e. The van der Waals surface area contributed by atoms with E-state index in [-0.39, 0.29) is 22.7 Å². The van der Waals surface area contributed by atoms with E-state index in [4.69, 9.17) is 4.42 Å². The number of aromatic nitrogens is 1. The maximum atomic E-state index is 14.7. The number of fused-ring (bicyclic) bond motifs is 3. The van der Waals surface area contributed by atoms with Crippen molar-refractivity contribution in [1.82, 2.24) is 4.57 Å². The molecule has 27 heavy (non-hydrogen) atoms. The zero-order chi connectivity index (χ0) is 18.8. The summed E-state index contributed by atoms with van der Waals surface area (Å²) in [7, 11) is 1.61. The predicted molar refractivity (Wildman–Crippen MR) is 99.7 cm³/mol. The fraction of sp³-hybridized carbons (Fsp3) is 0.333. The van der Waals surface area contributed by atoms with Crippen LogP contribution < -0.4 is 10.7 Å². The number of rotatable bonds is 1. The average Bonchev–Trinajstić information content (AvgIpc) is 3.34. The number of hydrogen-bond acceptors (Lipinski definition) is 3. The number of anilines is 1. The molecule has 1 saturated carbocycles. The quantitative estimate of drug-likeness (QED) is 0.659. The molecule has 1 fully saturated rings. The number of nitrogens with zero attached hydrogens (tertiary/aromatic N) is 2. The Balaban J connectivity index is 1.67.